The highest BCUT2D eigenvalue weighted by Crippen LogP contribution is 2.50. The van der Waals surface area contributed by atoms with E-state index in [2.05, 4.69) is 25.9 Å². The van der Waals surface area contributed by atoms with Crippen LogP contribution in [0.15, 0.2) is 24.3 Å². The van der Waals surface area contributed by atoms with E-state index in [1.807, 2.05) is 0 Å². The Bertz CT molecular complexity index is 1770. The lowest BCUT2D eigenvalue weighted by molar-refractivity contribution is -0.220. The molecule has 3 N–H and O–H groups in total. The van der Waals surface area contributed by atoms with Crippen molar-refractivity contribution in [1.29, 1.82) is 0 Å². The van der Waals surface area contributed by atoms with E-state index in [0.29, 0.717) is 6.07 Å². The van der Waals surface area contributed by atoms with Crippen molar-refractivity contribution in [2.45, 2.75) is 88.9 Å². The maximum Gasteiger partial charge on any atom is 0.418 e. The fourth-order valence-electron chi connectivity index (χ4n) is 6.59. The van der Waals surface area contributed by atoms with E-state index in [0.717, 1.165) is 22.8 Å². The molecule has 2 aliphatic carbocycles. The molecular formula is C32H33F11N6O3. The van der Waals surface area contributed by atoms with Crippen LogP contribution in [0.1, 0.15) is 72.9 Å². The van der Waals surface area contributed by atoms with Gasteiger partial charge in [0.2, 0.25) is 17.7 Å². The lowest BCUT2D eigenvalue weighted by atomic mass is 9.84. The minimum Gasteiger partial charge on any atom is -0.471 e. The van der Waals surface area contributed by atoms with Crippen LogP contribution in [0.4, 0.5) is 59.9 Å². The molecule has 2 aliphatic rings. The number of nitrogens with one attached hydrogen (secondary N) is 3. The van der Waals surface area contributed by atoms with Gasteiger partial charge < -0.3 is 20.7 Å². The number of carbonyl (C=O) groups is 2. The van der Waals surface area contributed by atoms with E-state index >= 15 is 0 Å². The van der Waals surface area contributed by atoms with Gasteiger partial charge in [-0.05, 0) is 62.3 Å². The molecule has 0 aliphatic heterocycles. The van der Waals surface area contributed by atoms with E-state index < -0.39 is 103 Å². The average Bonchev–Trinajstić information content (AvgIpc) is 3.67. The van der Waals surface area contributed by atoms with Crippen molar-refractivity contribution in [3.05, 3.63) is 41.0 Å². The van der Waals surface area contributed by atoms with Gasteiger partial charge in [0.1, 0.15) is 16.5 Å². The minimum atomic E-state index is -4.93. The predicted octanol–water partition coefficient (Wildman–Crippen LogP) is 7.96. The molecule has 9 nitrogen and oxygen atoms in total. The number of ether oxygens (including phenoxy) is 1. The van der Waals surface area contributed by atoms with Crippen LogP contribution in [0.25, 0.3) is 11.2 Å². The molecule has 2 saturated carbocycles. The number of anilines is 2. The molecule has 5 rings (SSSR count). The Morgan fingerprint density at radius 2 is 1.62 bits per heavy atom. The summed E-state index contributed by atoms with van der Waals surface area (Å²) in [7, 11) is 1.30. The molecule has 2 fully saturated rings. The maximum absolute atomic E-state index is 14.1. The van der Waals surface area contributed by atoms with Gasteiger partial charge >= 0.3 is 18.5 Å². The van der Waals surface area contributed by atoms with E-state index in [9.17, 15) is 57.9 Å². The number of aromatic nitrogens is 3. The van der Waals surface area contributed by atoms with Crippen molar-refractivity contribution in [3.8, 4) is 5.88 Å². The number of fused-ring (bicyclic) bond motifs is 1. The van der Waals surface area contributed by atoms with Crippen LogP contribution in [0.3, 0.4) is 0 Å². The number of rotatable bonds is 10. The quantitative estimate of drug-likeness (QED) is 0.181. The topological polar surface area (TPSA) is 110 Å². The molecule has 3 aromatic rings. The smallest absolute Gasteiger partial charge is 0.418 e. The number of alkyl halides is 11. The standard InChI is InChI=1S/C32H33F11N6O3/c1-49-24-22(13-19(26(48-24)52-15-23(33)34)25(50)45-18-7-5-17(6-8-18)30(35,36)37)47-28(49)46-21-12-16(4-9-20(21)31(38,39)40)14-44-27(51)29(32(41,42)43)10-2-3-11-29/h4,9,12-13,17-18,23H,2-3,5-8,10-11,14-15H2,1H3,(H,44,51)(H,45,50)(H,46,47)/t17-,18-. The zero-order valence-corrected chi connectivity index (χ0v) is 27.3. The Kier molecular flexibility index (Phi) is 10.9. The zero-order chi connectivity index (χ0) is 38.2. The van der Waals surface area contributed by atoms with Gasteiger partial charge in [0.15, 0.2) is 12.3 Å². The van der Waals surface area contributed by atoms with Crippen LogP contribution in [0.2, 0.25) is 0 Å². The molecule has 2 aromatic heterocycles. The zero-order valence-electron chi connectivity index (χ0n) is 27.3. The summed E-state index contributed by atoms with van der Waals surface area (Å²) in [5.74, 6) is -4.60. The van der Waals surface area contributed by atoms with Crippen LogP contribution in [0, 0.1) is 11.3 Å². The summed E-state index contributed by atoms with van der Waals surface area (Å²) in [5.41, 5.74) is -5.02. The van der Waals surface area contributed by atoms with Crippen LogP contribution in [-0.2, 0) is 24.6 Å². The monoisotopic (exact) mass is 758 g/mol. The van der Waals surface area contributed by atoms with Gasteiger partial charge in [0.05, 0.1) is 17.2 Å². The summed E-state index contributed by atoms with van der Waals surface area (Å²) in [6.07, 6.45) is -18.1. The van der Waals surface area contributed by atoms with Gasteiger partial charge in [-0.3, -0.25) is 14.2 Å². The van der Waals surface area contributed by atoms with Gasteiger partial charge in [-0.2, -0.15) is 44.5 Å². The Hall–Kier alpha value is -4.39. The second-order valence-corrected chi connectivity index (χ2v) is 12.9. The molecule has 2 amide bonds. The molecule has 1 aromatic carbocycles. The summed E-state index contributed by atoms with van der Waals surface area (Å²) in [4.78, 5) is 34.3. The number of carbonyl (C=O) groups excluding carboxylic acids is 2. The Morgan fingerprint density at radius 3 is 2.19 bits per heavy atom. The summed E-state index contributed by atoms with van der Waals surface area (Å²) >= 11 is 0. The van der Waals surface area contributed by atoms with E-state index in [-0.39, 0.29) is 61.2 Å². The van der Waals surface area contributed by atoms with Gasteiger partial charge in [0.25, 0.3) is 12.3 Å². The number of nitrogens with zero attached hydrogens (tertiary/aromatic N) is 3. The van der Waals surface area contributed by atoms with E-state index in [4.69, 9.17) is 4.74 Å². The Balaban J connectivity index is 1.41. The van der Waals surface area contributed by atoms with Crippen molar-refractivity contribution in [3.63, 3.8) is 0 Å². The fourth-order valence-corrected chi connectivity index (χ4v) is 6.59. The van der Waals surface area contributed by atoms with Crippen molar-refractivity contribution < 1.29 is 62.6 Å². The highest BCUT2D eigenvalue weighted by Gasteiger charge is 2.60. The number of hydrogen-bond donors (Lipinski definition) is 3. The van der Waals surface area contributed by atoms with Crippen molar-refractivity contribution in [2.24, 2.45) is 18.4 Å². The largest absolute Gasteiger partial charge is 0.471 e. The van der Waals surface area contributed by atoms with Crippen molar-refractivity contribution in [2.75, 3.05) is 11.9 Å². The second kappa shape index (κ2) is 14.6. The highest BCUT2D eigenvalue weighted by molar-refractivity contribution is 5.99. The predicted molar refractivity (Wildman–Crippen MR) is 163 cm³/mol. The first-order chi connectivity index (χ1) is 24.2. The number of pyridine rings is 1. The lowest BCUT2D eigenvalue weighted by Gasteiger charge is -2.30. The summed E-state index contributed by atoms with van der Waals surface area (Å²) in [6, 6.07) is 3.03. The van der Waals surface area contributed by atoms with Crippen molar-refractivity contribution in [1.82, 2.24) is 25.2 Å². The fraction of sp³-hybridized carbons (Fsp3) is 0.562. The highest BCUT2D eigenvalue weighted by atomic mass is 19.4. The number of benzene rings is 1. The third-order valence-corrected chi connectivity index (χ3v) is 9.45. The van der Waals surface area contributed by atoms with Crippen LogP contribution < -0.4 is 20.7 Å². The number of aryl methyl sites for hydroxylation is 1. The molecule has 0 saturated heterocycles. The Labute approximate surface area is 288 Å². The third-order valence-electron chi connectivity index (χ3n) is 9.45. The summed E-state index contributed by atoms with van der Waals surface area (Å²) < 4.78 is 155. The molecule has 0 atom stereocenters. The number of halogens is 11. The van der Waals surface area contributed by atoms with Crippen LogP contribution in [-0.4, -0.2) is 57.8 Å². The van der Waals surface area contributed by atoms with Gasteiger partial charge in [0, 0.05) is 19.6 Å². The molecule has 0 unspecified atom stereocenters. The van der Waals surface area contributed by atoms with Gasteiger partial charge in [-0.15, -0.1) is 0 Å². The molecule has 52 heavy (non-hydrogen) atoms. The molecular weight excluding hydrogens is 725 g/mol. The van der Waals surface area contributed by atoms with Crippen molar-refractivity contribution >= 4 is 34.6 Å². The maximum atomic E-state index is 14.1. The third kappa shape index (κ3) is 8.29. The lowest BCUT2D eigenvalue weighted by Crippen LogP contribution is -2.48. The molecule has 0 bridgehead atoms. The van der Waals surface area contributed by atoms with Gasteiger partial charge in [-0.1, -0.05) is 18.9 Å². The van der Waals surface area contributed by atoms with Gasteiger partial charge in [-0.25, -0.2) is 13.8 Å². The molecule has 0 spiro atoms. The van der Waals surface area contributed by atoms with Crippen LogP contribution in [0.5, 0.6) is 5.88 Å². The SMILES string of the molecule is Cn1c(Nc2cc(CNC(=O)C3(C(F)(F)F)CCCC3)ccc2C(F)(F)F)nc2cc(C(=O)N[C@H]3CC[C@H](C(F)(F)F)CC3)c(OCC(F)F)nc21. The Morgan fingerprint density at radius 1 is 0.962 bits per heavy atom. The molecule has 2 heterocycles. The molecule has 0 radical (unpaired) electrons. The second-order valence-electron chi connectivity index (χ2n) is 12.9. The first-order valence-corrected chi connectivity index (χ1v) is 16.2. The number of imidazole rings is 1. The van der Waals surface area contributed by atoms with E-state index in [1.54, 1.807) is 0 Å². The summed E-state index contributed by atoms with van der Waals surface area (Å²) in [5, 5.41) is 7.25. The average molecular weight is 759 g/mol. The molecule has 286 valence electrons. The minimum absolute atomic E-state index is 0.00997. The first kappa shape index (κ1) is 38.8. The van der Waals surface area contributed by atoms with Crippen LogP contribution >= 0.6 is 0 Å². The molecule has 20 heteroatoms. The number of amides is 2. The van der Waals surface area contributed by atoms with E-state index in [1.165, 1.54) is 7.05 Å². The summed E-state index contributed by atoms with van der Waals surface area (Å²) in [6.45, 7) is -1.73. The first-order valence-electron chi connectivity index (χ1n) is 16.2. The number of hydrogen-bond acceptors (Lipinski definition) is 6. The normalized spacial score (nSPS) is 19.6.